The Kier molecular flexibility index (Phi) is 8.81. The number of nitrogens with one attached hydrogen (secondary N) is 1. The van der Waals surface area contributed by atoms with E-state index in [-0.39, 0.29) is 36.0 Å². The number of unbranched alkanes of at least 4 members (excludes halogenated alkanes) is 1. The first-order valence-corrected chi connectivity index (χ1v) is 10.8. The number of rotatable bonds is 12. The van der Waals surface area contributed by atoms with Crippen molar-refractivity contribution in [2.45, 2.75) is 44.8 Å². The number of halogens is 3. The van der Waals surface area contributed by atoms with Crippen LogP contribution in [0.25, 0.3) is 0 Å². The Labute approximate surface area is 198 Å². The smallest absolute Gasteiger partial charge is 0.422 e. The van der Waals surface area contributed by atoms with Gasteiger partial charge in [-0.3, -0.25) is 19.3 Å². The molecule has 0 aliphatic heterocycles. The van der Waals surface area contributed by atoms with Gasteiger partial charge >= 0.3 is 6.18 Å². The quantitative estimate of drug-likeness (QED) is 0.382. The average molecular weight is 491 g/mol. The van der Waals surface area contributed by atoms with Crippen LogP contribution in [0, 0.1) is 0 Å². The number of ketones is 1. The van der Waals surface area contributed by atoms with E-state index in [1.165, 1.54) is 25.4 Å². The lowest BCUT2D eigenvalue weighted by molar-refractivity contribution is -0.153. The minimum atomic E-state index is -4.45. The molecule has 0 unspecified atom stereocenters. The van der Waals surface area contributed by atoms with E-state index in [4.69, 9.17) is 0 Å². The molecule has 13 heteroatoms. The average Bonchev–Trinajstić information content (AvgIpc) is 3.30. The number of hydrogen-bond donors (Lipinski definition) is 1. The van der Waals surface area contributed by atoms with Gasteiger partial charge < -0.3 is 10.1 Å². The van der Waals surface area contributed by atoms with Crippen molar-refractivity contribution in [1.29, 1.82) is 0 Å². The normalized spacial score (nSPS) is 11.3. The van der Waals surface area contributed by atoms with Crippen LogP contribution in [0.5, 0.6) is 5.75 Å². The van der Waals surface area contributed by atoms with Crippen LogP contribution in [0.4, 0.5) is 13.2 Å². The summed E-state index contributed by atoms with van der Waals surface area (Å²) in [5, 5.41) is 18.4. The third-order valence-electron chi connectivity index (χ3n) is 4.79. The van der Waals surface area contributed by atoms with E-state index in [0.29, 0.717) is 24.4 Å². The first kappa shape index (κ1) is 25.7. The lowest BCUT2D eigenvalue weighted by atomic mass is 10.1. The Morgan fingerprint density at radius 2 is 1.77 bits per heavy atom. The largest absolute Gasteiger partial charge is 0.484 e. The maximum atomic E-state index is 12.3. The summed E-state index contributed by atoms with van der Waals surface area (Å²) in [7, 11) is 1.53. The van der Waals surface area contributed by atoms with Crippen molar-refractivity contribution in [1.82, 2.24) is 35.5 Å². The van der Waals surface area contributed by atoms with Gasteiger partial charge in [0.15, 0.2) is 12.3 Å². The highest BCUT2D eigenvalue weighted by Crippen LogP contribution is 2.19. The molecule has 1 amide bonds. The van der Waals surface area contributed by atoms with Gasteiger partial charge in [-0.2, -0.15) is 23.4 Å². The number of carbonyl (C=O) groups excluding carboxylic acids is 2. The SMILES string of the molecule is CNC(=O)c1cn(CCCCc2ccc(CC(=O)Cc3cc(OCC(F)(F)F)ccn3)nn2)nn1. The maximum Gasteiger partial charge on any atom is 0.422 e. The Morgan fingerprint density at radius 3 is 2.49 bits per heavy atom. The number of amides is 1. The van der Waals surface area contributed by atoms with Gasteiger partial charge in [0.2, 0.25) is 0 Å². The molecule has 0 atom stereocenters. The fourth-order valence-electron chi connectivity index (χ4n) is 3.11. The molecule has 1 N–H and O–H groups in total. The Hall–Kier alpha value is -3.90. The molecule has 3 rings (SSSR count). The van der Waals surface area contributed by atoms with Crippen LogP contribution in [-0.4, -0.2) is 61.7 Å². The molecule has 35 heavy (non-hydrogen) atoms. The number of carbonyl (C=O) groups is 2. The first-order chi connectivity index (χ1) is 16.7. The van der Waals surface area contributed by atoms with Crippen LogP contribution in [0.15, 0.2) is 36.7 Å². The number of nitrogens with zero attached hydrogens (tertiary/aromatic N) is 6. The summed E-state index contributed by atoms with van der Waals surface area (Å²) in [5.41, 5.74) is 1.85. The molecular weight excluding hydrogens is 467 g/mol. The van der Waals surface area contributed by atoms with Crippen LogP contribution in [-0.2, 0) is 30.6 Å². The van der Waals surface area contributed by atoms with E-state index in [1.54, 1.807) is 23.0 Å². The highest BCUT2D eigenvalue weighted by Gasteiger charge is 2.28. The van der Waals surface area contributed by atoms with Gasteiger partial charge in [0.05, 0.1) is 29.7 Å². The minimum absolute atomic E-state index is 0.0000128. The zero-order chi connectivity index (χ0) is 25.3. The Bertz CT molecular complexity index is 1130. The highest BCUT2D eigenvalue weighted by molar-refractivity contribution is 5.91. The lowest BCUT2D eigenvalue weighted by Gasteiger charge is -2.09. The topological polar surface area (TPSA) is 125 Å². The molecule has 3 aromatic heterocycles. The summed E-state index contributed by atoms with van der Waals surface area (Å²) in [5.74, 6) is -0.485. The molecule has 0 saturated carbocycles. The molecule has 186 valence electrons. The molecule has 0 radical (unpaired) electrons. The number of Topliss-reactive ketones (excluding diaryl/α,β-unsaturated/α-hetero) is 1. The lowest BCUT2D eigenvalue weighted by Crippen LogP contribution is -2.19. The molecule has 0 aromatic carbocycles. The van der Waals surface area contributed by atoms with E-state index in [0.717, 1.165) is 18.5 Å². The summed E-state index contributed by atoms with van der Waals surface area (Å²) >= 11 is 0. The molecule has 0 fully saturated rings. The van der Waals surface area contributed by atoms with Gasteiger partial charge in [0, 0.05) is 32.3 Å². The number of hydrogen-bond acceptors (Lipinski definition) is 8. The summed E-state index contributed by atoms with van der Waals surface area (Å²) in [4.78, 5) is 27.8. The van der Waals surface area contributed by atoms with E-state index in [1.807, 2.05) is 0 Å². The molecular formula is C22H24F3N7O3. The second kappa shape index (κ2) is 12.0. The third-order valence-corrected chi connectivity index (χ3v) is 4.79. The van der Waals surface area contributed by atoms with E-state index < -0.39 is 12.8 Å². The summed E-state index contributed by atoms with van der Waals surface area (Å²) in [6.07, 6.45) is 0.724. The first-order valence-electron chi connectivity index (χ1n) is 10.8. The van der Waals surface area contributed by atoms with Crippen molar-refractivity contribution < 1.29 is 27.5 Å². The molecule has 0 spiro atoms. The zero-order valence-electron chi connectivity index (χ0n) is 19.0. The fraction of sp³-hybridized carbons (Fsp3) is 0.409. The van der Waals surface area contributed by atoms with Crippen molar-refractivity contribution in [2.75, 3.05) is 13.7 Å². The molecule has 0 saturated heterocycles. The summed E-state index contributed by atoms with van der Waals surface area (Å²) in [6, 6.07) is 6.15. The van der Waals surface area contributed by atoms with Gasteiger partial charge in [-0.15, -0.1) is 5.10 Å². The highest BCUT2D eigenvalue weighted by atomic mass is 19.4. The van der Waals surface area contributed by atoms with Crippen LogP contribution in [0.1, 0.15) is 40.4 Å². The van der Waals surface area contributed by atoms with Crippen molar-refractivity contribution in [3.8, 4) is 5.75 Å². The van der Waals surface area contributed by atoms with Crippen molar-refractivity contribution in [3.63, 3.8) is 0 Å². The third kappa shape index (κ3) is 8.76. The molecule has 3 aromatic rings. The number of aryl methyl sites for hydroxylation is 2. The van der Waals surface area contributed by atoms with Crippen molar-refractivity contribution in [3.05, 3.63) is 59.4 Å². The second-order valence-corrected chi connectivity index (χ2v) is 7.70. The van der Waals surface area contributed by atoms with E-state index in [2.05, 4.69) is 35.5 Å². The minimum Gasteiger partial charge on any atom is -0.484 e. The van der Waals surface area contributed by atoms with Crippen LogP contribution >= 0.6 is 0 Å². The Morgan fingerprint density at radius 1 is 1.03 bits per heavy atom. The van der Waals surface area contributed by atoms with Crippen molar-refractivity contribution in [2.24, 2.45) is 0 Å². The standard InChI is InChI=1S/C22H24F3N7O3/c1-26-21(34)20-13-32(31-30-20)9-3-2-4-15-5-6-16(29-28-15)10-18(33)11-17-12-19(7-8-27-17)35-14-22(23,24)25/h5-8,12-13H,2-4,9-11,14H2,1H3,(H,26,34). The van der Waals surface area contributed by atoms with Gasteiger partial charge in [-0.05, 0) is 37.5 Å². The van der Waals surface area contributed by atoms with E-state index >= 15 is 0 Å². The number of ether oxygens (including phenoxy) is 1. The Balaban J connectivity index is 1.41. The van der Waals surface area contributed by atoms with Crippen molar-refractivity contribution >= 4 is 11.7 Å². The van der Waals surface area contributed by atoms with E-state index in [9.17, 15) is 22.8 Å². The van der Waals surface area contributed by atoms with Gasteiger partial charge in [0.1, 0.15) is 11.5 Å². The predicted molar refractivity (Wildman–Crippen MR) is 117 cm³/mol. The zero-order valence-corrected chi connectivity index (χ0v) is 19.0. The van der Waals surface area contributed by atoms with Gasteiger partial charge in [-0.25, -0.2) is 0 Å². The maximum absolute atomic E-state index is 12.3. The number of alkyl halides is 3. The van der Waals surface area contributed by atoms with Crippen LogP contribution < -0.4 is 10.1 Å². The molecule has 3 heterocycles. The molecule has 0 aliphatic rings. The second-order valence-electron chi connectivity index (χ2n) is 7.70. The number of pyridine rings is 1. The monoisotopic (exact) mass is 491 g/mol. The molecule has 0 bridgehead atoms. The summed E-state index contributed by atoms with van der Waals surface area (Å²) in [6.45, 7) is -0.800. The van der Waals surface area contributed by atoms with Crippen LogP contribution in [0.3, 0.4) is 0 Å². The predicted octanol–water partition coefficient (Wildman–Crippen LogP) is 2.14. The van der Waals surface area contributed by atoms with Gasteiger partial charge in [-0.1, -0.05) is 5.21 Å². The molecule has 0 aliphatic carbocycles. The number of aromatic nitrogens is 6. The van der Waals surface area contributed by atoms with Crippen LogP contribution in [0.2, 0.25) is 0 Å². The fourth-order valence-corrected chi connectivity index (χ4v) is 3.11. The van der Waals surface area contributed by atoms with Gasteiger partial charge in [0.25, 0.3) is 5.91 Å². The summed E-state index contributed by atoms with van der Waals surface area (Å²) < 4.78 is 43.2. The molecule has 10 nitrogen and oxygen atoms in total.